The van der Waals surface area contributed by atoms with Crippen LogP contribution in [0.5, 0.6) is 0 Å². The Kier molecular flexibility index (Phi) is 8.07. The molecule has 8 heteroatoms. The minimum Gasteiger partial charge on any atom is -0.464 e. The molecular weight excluding hydrogens is 407 g/mol. The number of carbonyl (C=O) groups is 2. The fraction of sp³-hybridized carbons (Fsp3) is 0.368. The van der Waals surface area contributed by atoms with Gasteiger partial charge in [0.2, 0.25) is 5.91 Å². The van der Waals surface area contributed by atoms with E-state index in [1.165, 1.54) is 6.07 Å². The van der Waals surface area contributed by atoms with Gasteiger partial charge >= 0.3 is 0 Å². The molecule has 0 fully saturated rings. The number of benzene rings is 1. The monoisotopic (exact) mass is 428 g/mol. The van der Waals surface area contributed by atoms with Gasteiger partial charge in [0.05, 0.1) is 17.1 Å². The minimum absolute atomic E-state index is 0.184. The maximum atomic E-state index is 12.9. The van der Waals surface area contributed by atoms with Gasteiger partial charge in [0, 0.05) is 12.1 Å². The molecule has 27 heavy (non-hydrogen) atoms. The molecule has 0 saturated carbocycles. The average molecular weight is 429 g/mol. The molecule has 1 aromatic heterocycles. The standard InChI is InChI=1S/C19H22Cl2N2O3S/c1-12-4-6-14(26-12)11-23(2)19(25)17(8-9-27-3)22-18(24)15-7-5-13(20)10-16(15)21/h4-7,10,17H,8-9,11H2,1-3H3,(H,22,24)/t17-/m0/s1. The summed E-state index contributed by atoms with van der Waals surface area (Å²) in [5.74, 6) is 1.63. The maximum Gasteiger partial charge on any atom is 0.253 e. The van der Waals surface area contributed by atoms with E-state index in [1.54, 1.807) is 35.8 Å². The quantitative estimate of drug-likeness (QED) is 0.676. The highest BCUT2D eigenvalue weighted by Gasteiger charge is 2.25. The first-order chi connectivity index (χ1) is 12.8. The van der Waals surface area contributed by atoms with Gasteiger partial charge in [0.15, 0.2) is 0 Å². The van der Waals surface area contributed by atoms with Gasteiger partial charge in [-0.05, 0) is 55.7 Å². The second kappa shape index (κ2) is 10.1. The molecule has 0 radical (unpaired) electrons. The summed E-state index contributed by atoms with van der Waals surface area (Å²) >= 11 is 13.6. The Balaban J connectivity index is 2.10. The molecule has 2 aromatic rings. The molecule has 0 saturated heterocycles. The summed E-state index contributed by atoms with van der Waals surface area (Å²) in [5, 5.41) is 3.49. The molecule has 0 aliphatic rings. The summed E-state index contributed by atoms with van der Waals surface area (Å²) in [5.41, 5.74) is 0.285. The number of furan rings is 1. The average Bonchev–Trinajstić information content (AvgIpc) is 3.02. The SMILES string of the molecule is CSCC[C@H](NC(=O)c1ccc(Cl)cc1Cl)C(=O)N(C)Cc1ccc(C)o1. The van der Waals surface area contributed by atoms with Crippen molar-refractivity contribution in [2.45, 2.75) is 25.9 Å². The van der Waals surface area contributed by atoms with Crippen LogP contribution < -0.4 is 5.32 Å². The van der Waals surface area contributed by atoms with E-state index in [9.17, 15) is 9.59 Å². The summed E-state index contributed by atoms with van der Waals surface area (Å²) in [6, 6.07) is 7.67. The Hall–Kier alpha value is -1.63. The van der Waals surface area contributed by atoms with E-state index in [0.717, 1.165) is 11.5 Å². The van der Waals surface area contributed by atoms with Crippen molar-refractivity contribution in [2.75, 3.05) is 19.1 Å². The Morgan fingerprint density at radius 1 is 1.26 bits per heavy atom. The predicted octanol–water partition coefficient (Wildman–Crippen LogP) is 4.40. The first-order valence-electron chi connectivity index (χ1n) is 8.37. The van der Waals surface area contributed by atoms with Crippen LogP contribution in [0.2, 0.25) is 10.0 Å². The van der Waals surface area contributed by atoms with Crippen LogP contribution >= 0.6 is 35.0 Å². The lowest BCUT2D eigenvalue weighted by molar-refractivity contribution is -0.132. The molecule has 5 nitrogen and oxygen atoms in total. The smallest absolute Gasteiger partial charge is 0.253 e. The van der Waals surface area contributed by atoms with Crippen LogP contribution in [0.25, 0.3) is 0 Å². The van der Waals surface area contributed by atoms with Gasteiger partial charge in [-0.15, -0.1) is 0 Å². The number of amides is 2. The van der Waals surface area contributed by atoms with E-state index in [4.69, 9.17) is 27.6 Å². The number of nitrogens with zero attached hydrogens (tertiary/aromatic N) is 1. The third-order valence-electron chi connectivity index (χ3n) is 3.96. The third kappa shape index (κ3) is 6.19. The van der Waals surface area contributed by atoms with Crippen LogP contribution in [0.15, 0.2) is 34.7 Å². The predicted molar refractivity (Wildman–Crippen MR) is 111 cm³/mol. The summed E-state index contributed by atoms with van der Waals surface area (Å²) in [6.45, 7) is 2.18. The topological polar surface area (TPSA) is 62.6 Å². The fourth-order valence-electron chi connectivity index (χ4n) is 2.55. The van der Waals surface area contributed by atoms with Crippen LogP contribution in [0.3, 0.4) is 0 Å². The Morgan fingerprint density at radius 3 is 2.59 bits per heavy atom. The molecule has 146 valence electrons. The van der Waals surface area contributed by atoms with Crippen molar-refractivity contribution in [3.8, 4) is 0 Å². The maximum absolute atomic E-state index is 12.9. The van der Waals surface area contributed by atoms with E-state index < -0.39 is 11.9 Å². The molecule has 0 spiro atoms. The highest BCUT2D eigenvalue weighted by atomic mass is 35.5. The van der Waals surface area contributed by atoms with Crippen LogP contribution in [0.1, 0.15) is 28.3 Å². The van der Waals surface area contributed by atoms with Crippen molar-refractivity contribution in [2.24, 2.45) is 0 Å². The first-order valence-corrected chi connectivity index (χ1v) is 10.5. The number of carbonyl (C=O) groups excluding carboxylic acids is 2. The van der Waals surface area contributed by atoms with Gasteiger partial charge in [-0.1, -0.05) is 23.2 Å². The van der Waals surface area contributed by atoms with Gasteiger partial charge in [-0.25, -0.2) is 0 Å². The van der Waals surface area contributed by atoms with Gasteiger partial charge in [-0.2, -0.15) is 11.8 Å². The van der Waals surface area contributed by atoms with Crippen LogP contribution in [-0.2, 0) is 11.3 Å². The minimum atomic E-state index is -0.655. The second-order valence-corrected chi connectivity index (χ2v) is 7.97. The molecule has 0 unspecified atom stereocenters. The summed E-state index contributed by atoms with van der Waals surface area (Å²) in [4.78, 5) is 27.0. The lowest BCUT2D eigenvalue weighted by atomic mass is 10.1. The molecule has 1 heterocycles. The van der Waals surface area contributed by atoms with E-state index in [1.807, 2.05) is 25.3 Å². The van der Waals surface area contributed by atoms with E-state index in [-0.39, 0.29) is 16.5 Å². The number of halogens is 2. The summed E-state index contributed by atoms with van der Waals surface area (Å²) < 4.78 is 5.53. The van der Waals surface area contributed by atoms with Crippen LogP contribution in [-0.4, -0.2) is 41.8 Å². The molecule has 2 amide bonds. The molecule has 0 aliphatic carbocycles. The van der Waals surface area contributed by atoms with Crippen molar-refractivity contribution < 1.29 is 14.0 Å². The number of hydrogen-bond acceptors (Lipinski definition) is 4. The number of hydrogen-bond donors (Lipinski definition) is 1. The third-order valence-corrected chi connectivity index (χ3v) is 5.15. The zero-order chi connectivity index (χ0) is 20.0. The molecule has 0 bridgehead atoms. The number of aryl methyl sites for hydroxylation is 1. The highest BCUT2D eigenvalue weighted by molar-refractivity contribution is 7.98. The largest absolute Gasteiger partial charge is 0.464 e. The van der Waals surface area contributed by atoms with E-state index in [2.05, 4.69) is 5.32 Å². The van der Waals surface area contributed by atoms with Crippen molar-refractivity contribution >= 4 is 46.8 Å². The lowest BCUT2D eigenvalue weighted by Gasteiger charge is -2.24. The number of likely N-dealkylation sites (N-methyl/N-ethyl adjacent to an activating group) is 1. The van der Waals surface area contributed by atoms with Gasteiger partial charge < -0.3 is 14.6 Å². The van der Waals surface area contributed by atoms with Crippen molar-refractivity contribution in [3.05, 3.63) is 57.5 Å². The van der Waals surface area contributed by atoms with Gasteiger partial charge in [-0.3, -0.25) is 9.59 Å². The summed E-state index contributed by atoms with van der Waals surface area (Å²) in [7, 11) is 1.69. The van der Waals surface area contributed by atoms with E-state index in [0.29, 0.717) is 23.7 Å². The van der Waals surface area contributed by atoms with Crippen LogP contribution in [0.4, 0.5) is 0 Å². The highest BCUT2D eigenvalue weighted by Crippen LogP contribution is 2.21. The number of rotatable bonds is 8. The van der Waals surface area contributed by atoms with Gasteiger partial charge in [0.1, 0.15) is 17.6 Å². The molecule has 0 aliphatic heterocycles. The molecule has 1 N–H and O–H groups in total. The first kappa shape index (κ1) is 21.7. The lowest BCUT2D eigenvalue weighted by Crippen LogP contribution is -2.47. The molecular formula is C19H22Cl2N2O3S. The zero-order valence-electron chi connectivity index (χ0n) is 15.4. The molecule has 2 rings (SSSR count). The van der Waals surface area contributed by atoms with Crippen molar-refractivity contribution in [3.63, 3.8) is 0 Å². The van der Waals surface area contributed by atoms with Gasteiger partial charge in [0.25, 0.3) is 5.91 Å². The summed E-state index contributed by atoms with van der Waals surface area (Å²) in [6.07, 6.45) is 2.47. The van der Waals surface area contributed by atoms with Crippen molar-refractivity contribution in [1.29, 1.82) is 0 Å². The normalized spacial score (nSPS) is 11.9. The van der Waals surface area contributed by atoms with Crippen LogP contribution in [0, 0.1) is 6.92 Å². The Labute approximate surface area is 173 Å². The Morgan fingerprint density at radius 2 is 2.00 bits per heavy atom. The van der Waals surface area contributed by atoms with Crippen molar-refractivity contribution in [1.82, 2.24) is 10.2 Å². The fourth-order valence-corrected chi connectivity index (χ4v) is 3.52. The molecule has 1 atom stereocenters. The number of thioether (sulfide) groups is 1. The number of nitrogens with one attached hydrogen (secondary N) is 1. The molecule has 1 aromatic carbocycles. The van der Waals surface area contributed by atoms with E-state index >= 15 is 0 Å². The second-order valence-electron chi connectivity index (χ2n) is 6.14. The zero-order valence-corrected chi connectivity index (χ0v) is 17.7. The Bertz CT molecular complexity index is 810.